The minimum Gasteiger partial charge on any atom is -0.449 e. The molecule has 2 aliphatic rings. The topological polar surface area (TPSA) is 121 Å². The fourth-order valence-corrected chi connectivity index (χ4v) is 8.08. The van der Waals surface area contributed by atoms with E-state index in [-0.39, 0.29) is 11.8 Å². The van der Waals surface area contributed by atoms with Crippen LogP contribution in [0.15, 0.2) is 66.9 Å². The van der Waals surface area contributed by atoms with E-state index in [1.54, 1.807) is 6.20 Å². The third kappa shape index (κ3) is 6.94. The van der Waals surface area contributed by atoms with Gasteiger partial charge in [-0.25, -0.2) is 14.8 Å². The minimum atomic E-state index is -1.43. The van der Waals surface area contributed by atoms with Gasteiger partial charge in [-0.3, -0.25) is 10.1 Å². The van der Waals surface area contributed by atoms with E-state index in [1.807, 2.05) is 67.6 Å². The Kier molecular flexibility index (Phi) is 9.43. The second-order valence-corrected chi connectivity index (χ2v) is 13.9. The third-order valence-corrected chi connectivity index (χ3v) is 10.8. The van der Waals surface area contributed by atoms with Crippen molar-refractivity contribution in [2.45, 2.75) is 70.9 Å². The number of aromatic nitrogens is 3. The van der Waals surface area contributed by atoms with Crippen LogP contribution in [0.2, 0.25) is 0 Å². The highest BCUT2D eigenvalue weighted by Gasteiger charge is 2.26. The molecule has 0 atom stereocenters. The van der Waals surface area contributed by atoms with Crippen LogP contribution in [0.25, 0.3) is 21.3 Å². The summed E-state index contributed by atoms with van der Waals surface area (Å²) < 4.78 is 6.34. The van der Waals surface area contributed by atoms with Crippen LogP contribution in [-0.2, 0) is 13.0 Å². The molecule has 0 saturated heterocycles. The average molecular weight is 677 g/mol. The molecule has 0 radical (unpaired) electrons. The van der Waals surface area contributed by atoms with E-state index in [0.29, 0.717) is 47.6 Å². The molecule has 0 bridgehead atoms. The minimum absolute atomic E-state index is 0.0199. The number of hydrogen-bond donors (Lipinski definition) is 2. The predicted octanol–water partition coefficient (Wildman–Crippen LogP) is 8.48. The van der Waals surface area contributed by atoms with Crippen molar-refractivity contribution < 1.29 is 19.4 Å². The number of carbonyl (C=O) groups excluding carboxylic acids is 1. The van der Waals surface area contributed by atoms with E-state index in [0.717, 1.165) is 51.1 Å². The van der Waals surface area contributed by atoms with Crippen LogP contribution in [0.4, 0.5) is 21.6 Å². The second-order valence-electron chi connectivity index (χ2n) is 12.9. The van der Waals surface area contributed by atoms with Crippen molar-refractivity contribution in [2.75, 3.05) is 28.7 Å². The molecule has 1 aliphatic carbocycles. The summed E-state index contributed by atoms with van der Waals surface area (Å²) in [4.78, 5) is 43.9. The predicted molar refractivity (Wildman–Crippen MR) is 194 cm³/mol. The molecular formula is C38H40N6O4S. The summed E-state index contributed by atoms with van der Waals surface area (Å²) in [5, 5.41) is 13.3. The number of nitrogens with one attached hydrogen (secondary N) is 1. The zero-order valence-electron chi connectivity index (χ0n) is 27.8. The van der Waals surface area contributed by atoms with Crippen molar-refractivity contribution in [3.8, 4) is 17.0 Å². The fraction of sp³-hybridized carbons (Fsp3) is 0.342. The van der Waals surface area contributed by atoms with Crippen LogP contribution in [0, 0.1) is 6.92 Å². The first-order chi connectivity index (χ1) is 23.9. The molecule has 10 nitrogen and oxygen atoms in total. The van der Waals surface area contributed by atoms with Crippen LogP contribution >= 0.6 is 11.3 Å². The molecule has 2 aromatic carbocycles. The Labute approximate surface area is 289 Å². The molecule has 0 unspecified atom stereocenters. The van der Waals surface area contributed by atoms with Crippen LogP contribution in [0.5, 0.6) is 5.88 Å². The summed E-state index contributed by atoms with van der Waals surface area (Å²) in [5.41, 5.74) is 5.80. The number of pyridine rings is 2. The number of para-hydroxylation sites is 1. The van der Waals surface area contributed by atoms with Crippen LogP contribution < -0.4 is 19.9 Å². The SMILES string of the molecule is Cc1c(-c2ccc(N3CCc4cccc(C(=O)Nc5nc6ccccc6s5)c4C3)nc2OC(=O)O)ccnc1N(C)C1CCCCCCC1. The number of anilines is 3. The third-order valence-electron chi connectivity index (χ3n) is 9.81. The van der Waals surface area contributed by atoms with E-state index in [4.69, 9.17) is 14.7 Å². The smallest absolute Gasteiger partial charge is 0.449 e. The average Bonchev–Trinajstić information content (AvgIpc) is 3.50. The molecule has 49 heavy (non-hydrogen) atoms. The molecule has 5 aromatic rings. The highest BCUT2D eigenvalue weighted by atomic mass is 32.1. The van der Waals surface area contributed by atoms with Crippen LogP contribution in [-0.4, -0.2) is 51.8 Å². The van der Waals surface area contributed by atoms with Gasteiger partial charge in [0.15, 0.2) is 5.13 Å². The summed E-state index contributed by atoms with van der Waals surface area (Å²) in [6, 6.07) is 19.7. The molecule has 1 fully saturated rings. The summed E-state index contributed by atoms with van der Waals surface area (Å²) >= 11 is 1.44. The Morgan fingerprint density at radius 3 is 2.55 bits per heavy atom. The van der Waals surface area contributed by atoms with Crippen molar-refractivity contribution in [2.24, 2.45) is 0 Å². The van der Waals surface area contributed by atoms with Gasteiger partial charge in [0.2, 0.25) is 5.88 Å². The molecular weight excluding hydrogens is 637 g/mol. The Morgan fingerprint density at radius 2 is 1.76 bits per heavy atom. The molecule has 1 amide bonds. The lowest BCUT2D eigenvalue weighted by Gasteiger charge is -2.32. The van der Waals surface area contributed by atoms with Crippen molar-refractivity contribution in [3.05, 3.63) is 89.1 Å². The maximum absolute atomic E-state index is 13.6. The van der Waals surface area contributed by atoms with E-state index >= 15 is 0 Å². The van der Waals surface area contributed by atoms with Crippen molar-refractivity contribution >= 4 is 50.4 Å². The molecule has 1 saturated carbocycles. The highest BCUT2D eigenvalue weighted by molar-refractivity contribution is 7.22. The number of carboxylic acid groups (broad SMARTS) is 1. The molecule has 252 valence electrons. The molecule has 11 heteroatoms. The van der Waals surface area contributed by atoms with Gasteiger partial charge < -0.3 is 19.6 Å². The summed E-state index contributed by atoms with van der Waals surface area (Å²) in [6.45, 7) is 3.11. The van der Waals surface area contributed by atoms with Gasteiger partial charge in [0.25, 0.3) is 5.91 Å². The summed E-state index contributed by atoms with van der Waals surface area (Å²) in [5.74, 6) is 1.26. The van der Waals surface area contributed by atoms with Gasteiger partial charge in [-0.1, -0.05) is 67.7 Å². The number of carbonyl (C=O) groups is 2. The maximum Gasteiger partial charge on any atom is 0.512 e. The Bertz CT molecular complexity index is 1970. The maximum atomic E-state index is 13.6. The van der Waals surface area contributed by atoms with Crippen molar-refractivity contribution in [1.82, 2.24) is 15.0 Å². The molecule has 7 rings (SSSR count). The summed E-state index contributed by atoms with van der Waals surface area (Å²) in [6.07, 6.45) is 9.60. The van der Waals surface area contributed by atoms with E-state index in [9.17, 15) is 14.7 Å². The summed E-state index contributed by atoms with van der Waals surface area (Å²) in [7, 11) is 2.11. The molecule has 4 heterocycles. The van der Waals surface area contributed by atoms with Gasteiger partial charge in [-0.15, -0.1) is 0 Å². The first-order valence-electron chi connectivity index (χ1n) is 17.0. The van der Waals surface area contributed by atoms with Crippen LogP contribution in [0.3, 0.4) is 0 Å². The number of ether oxygens (including phenoxy) is 1. The lowest BCUT2D eigenvalue weighted by Crippen LogP contribution is -2.33. The standard InChI is InChI=1S/C38H40N6O4S/c1-24-27(19-21-39-34(24)43(2)26-12-6-4-3-5-7-13-26)29-17-18-33(41-36(29)48-38(46)47)44-22-20-25-11-10-14-28(30(25)23-44)35(45)42-37-40-31-15-8-9-16-32(31)49-37/h8-11,14-19,21,26H,3-7,12-13,20,22-23H2,1-2H3,(H,46,47)(H,40,42,45). The lowest BCUT2D eigenvalue weighted by atomic mass is 9.94. The zero-order chi connectivity index (χ0) is 33.9. The van der Waals surface area contributed by atoms with Gasteiger partial charge in [-0.05, 0) is 84.8 Å². The lowest BCUT2D eigenvalue weighted by molar-refractivity contribution is 0.102. The molecule has 3 aromatic heterocycles. The normalized spacial score (nSPS) is 15.3. The van der Waals surface area contributed by atoms with Gasteiger partial charge in [-0.2, -0.15) is 4.98 Å². The number of benzene rings is 2. The quantitative estimate of drug-likeness (QED) is 0.164. The first-order valence-corrected chi connectivity index (χ1v) is 17.8. The molecule has 1 aliphatic heterocycles. The fourth-order valence-electron chi connectivity index (χ4n) is 7.22. The number of fused-ring (bicyclic) bond motifs is 2. The Hall–Kier alpha value is -5.03. The monoisotopic (exact) mass is 676 g/mol. The molecule has 2 N–H and O–H groups in total. The Balaban J connectivity index is 1.16. The van der Waals surface area contributed by atoms with Crippen molar-refractivity contribution in [1.29, 1.82) is 0 Å². The second kappa shape index (κ2) is 14.2. The van der Waals surface area contributed by atoms with E-state index in [2.05, 4.69) is 27.1 Å². The van der Waals surface area contributed by atoms with E-state index < -0.39 is 6.16 Å². The largest absolute Gasteiger partial charge is 0.512 e. The number of hydrogen-bond acceptors (Lipinski definition) is 9. The number of nitrogens with zero attached hydrogens (tertiary/aromatic N) is 5. The van der Waals surface area contributed by atoms with E-state index in [1.165, 1.54) is 43.4 Å². The first kappa shape index (κ1) is 32.5. The number of rotatable bonds is 7. The van der Waals surface area contributed by atoms with Gasteiger partial charge in [0, 0.05) is 43.5 Å². The number of thiazole rings is 1. The van der Waals surface area contributed by atoms with Gasteiger partial charge in [0.1, 0.15) is 11.6 Å². The number of amides is 1. The van der Waals surface area contributed by atoms with Crippen molar-refractivity contribution in [3.63, 3.8) is 0 Å². The zero-order valence-corrected chi connectivity index (χ0v) is 28.6. The molecule has 0 spiro atoms. The van der Waals surface area contributed by atoms with Crippen LogP contribution in [0.1, 0.15) is 72.0 Å². The highest BCUT2D eigenvalue weighted by Crippen LogP contribution is 2.38. The van der Waals surface area contributed by atoms with Gasteiger partial charge in [0.05, 0.1) is 10.2 Å². The van der Waals surface area contributed by atoms with Gasteiger partial charge >= 0.3 is 6.16 Å². The Morgan fingerprint density at radius 1 is 0.959 bits per heavy atom.